The average Bonchev–Trinajstić information content (AvgIpc) is 2.87. The maximum absolute atomic E-state index is 4.60. The lowest BCUT2D eigenvalue weighted by atomic mass is 10.3. The summed E-state index contributed by atoms with van der Waals surface area (Å²) in [6.45, 7) is 7.29. The van der Waals surface area contributed by atoms with E-state index in [2.05, 4.69) is 68.2 Å². The Hall–Kier alpha value is -1.18. The maximum atomic E-state index is 4.60. The molecule has 0 aliphatic carbocycles. The Labute approximate surface area is 127 Å². The van der Waals surface area contributed by atoms with E-state index in [1.54, 1.807) is 0 Å². The monoisotopic (exact) mass is 371 g/mol. The molecular weight excluding hydrogens is 353 g/mol. The van der Waals surface area contributed by atoms with Gasteiger partial charge in [-0.25, -0.2) is 15.0 Å². The van der Waals surface area contributed by atoms with Crippen molar-refractivity contribution in [1.29, 1.82) is 0 Å². The zero-order valence-electron chi connectivity index (χ0n) is 11.4. The van der Waals surface area contributed by atoms with Crippen molar-refractivity contribution in [3.05, 3.63) is 22.3 Å². The number of imidazole rings is 1. The number of nitrogens with one attached hydrogen (secondary N) is 1. The molecule has 0 saturated carbocycles. The summed E-state index contributed by atoms with van der Waals surface area (Å²) in [6, 6.07) is 0.340. The van der Waals surface area contributed by atoms with Crippen molar-refractivity contribution in [1.82, 2.24) is 19.5 Å². The zero-order valence-corrected chi connectivity index (χ0v) is 13.5. The first-order valence-corrected chi connectivity index (χ1v) is 7.50. The first-order valence-electron chi connectivity index (χ1n) is 6.42. The van der Waals surface area contributed by atoms with Crippen LogP contribution < -0.4 is 5.32 Å². The molecule has 2 aromatic heterocycles. The van der Waals surface area contributed by atoms with Crippen molar-refractivity contribution in [2.75, 3.05) is 11.9 Å². The van der Waals surface area contributed by atoms with E-state index in [0.717, 1.165) is 28.0 Å². The molecule has 102 valence electrons. The van der Waals surface area contributed by atoms with E-state index in [4.69, 9.17) is 0 Å². The number of anilines is 1. The quantitative estimate of drug-likeness (QED) is 0.820. The van der Waals surface area contributed by atoms with Crippen LogP contribution in [-0.2, 0) is 0 Å². The molecule has 0 radical (unpaired) electrons. The molecular formula is C13H18IN5. The second-order valence-electron chi connectivity index (χ2n) is 4.60. The van der Waals surface area contributed by atoms with Crippen molar-refractivity contribution in [2.45, 2.75) is 33.2 Å². The smallest absolute Gasteiger partial charge is 0.179 e. The summed E-state index contributed by atoms with van der Waals surface area (Å²) >= 11 is 2.25. The third-order valence-electron chi connectivity index (χ3n) is 2.74. The van der Waals surface area contributed by atoms with Crippen LogP contribution >= 0.6 is 22.6 Å². The van der Waals surface area contributed by atoms with Gasteiger partial charge in [-0.1, -0.05) is 6.92 Å². The standard InChI is InChI=1S/C13H18IN5/c1-4-5-16-12-10(14)6-17-13(18-12)11-7-15-8-19(11)9(2)3/h6-9H,4-5H2,1-3H3,(H,16,17,18). The molecule has 0 aliphatic heterocycles. The van der Waals surface area contributed by atoms with Crippen LogP contribution in [0.1, 0.15) is 33.2 Å². The predicted molar refractivity (Wildman–Crippen MR) is 85.1 cm³/mol. The molecule has 2 heterocycles. The second-order valence-corrected chi connectivity index (χ2v) is 5.76. The molecule has 2 rings (SSSR count). The van der Waals surface area contributed by atoms with Gasteiger partial charge in [0.2, 0.25) is 0 Å². The third kappa shape index (κ3) is 3.23. The van der Waals surface area contributed by atoms with Crippen LogP contribution in [0.25, 0.3) is 11.5 Å². The van der Waals surface area contributed by atoms with Crippen LogP contribution in [0, 0.1) is 3.57 Å². The first-order chi connectivity index (χ1) is 9.13. The Balaban J connectivity index is 2.37. The Morgan fingerprint density at radius 1 is 1.37 bits per heavy atom. The van der Waals surface area contributed by atoms with Crippen molar-refractivity contribution in [3.63, 3.8) is 0 Å². The lowest BCUT2D eigenvalue weighted by Gasteiger charge is -2.12. The fourth-order valence-electron chi connectivity index (χ4n) is 1.75. The van der Waals surface area contributed by atoms with Gasteiger partial charge >= 0.3 is 0 Å². The Kier molecular flexibility index (Phi) is 4.73. The van der Waals surface area contributed by atoms with Gasteiger partial charge in [0, 0.05) is 18.8 Å². The average molecular weight is 371 g/mol. The highest BCUT2D eigenvalue weighted by Crippen LogP contribution is 2.22. The summed E-state index contributed by atoms with van der Waals surface area (Å²) in [4.78, 5) is 13.2. The van der Waals surface area contributed by atoms with Gasteiger partial charge in [0.15, 0.2) is 5.82 Å². The van der Waals surface area contributed by atoms with E-state index >= 15 is 0 Å². The molecule has 0 spiro atoms. The van der Waals surface area contributed by atoms with Gasteiger partial charge in [-0.05, 0) is 42.9 Å². The summed E-state index contributed by atoms with van der Waals surface area (Å²) in [5.41, 5.74) is 0.950. The Morgan fingerprint density at radius 2 is 2.16 bits per heavy atom. The van der Waals surface area contributed by atoms with Gasteiger partial charge in [-0.2, -0.15) is 0 Å². The normalized spacial score (nSPS) is 11.0. The SMILES string of the molecule is CCCNc1nc(-c2cncn2C(C)C)ncc1I. The second kappa shape index (κ2) is 6.31. The molecule has 0 atom stereocenters. The molecule has 0 aliphatic rings. The summed E-state index contributed by atoms with van der Waals surface area (Å²) in [5, 5.41) is 3.33. The lowest BCUT2D eigenvalue weighted by molar-refractivity contribution is 0.603. The van der Waals surface area contributed by atoms with Gasteiger partial charge in [0.1, 0.15) is 11.5 Å². The molecule has 6 heteroatoms. The zero-order chi connectivity index (χ0) is 13.8. The fourth-order valence-corrected chi connectivity index (χ4v) is 2.20. The van der Waals surface area contributed by atoms with E-state index in [1.807, 2.05) is 18.7 Å². The summed E-state index contributed by atoms with van der Waals surface area (Å²) in [5.74, 6) is 1.61. The molecule has 0 fully saturated rings. The lowest BCUT2D eigenvalue weighted by Crippen LogP contribution is -2.08. The van der Waals surface area contributed by atoms with Crippen molar-refractivity contribution in [2.24, 2.45) is 0 Å². The highest BCUT2D eigenvalue weighted by Gasteiger charge is 2.12. The topological polar surface area (TPSA) is 55.6 Å². The molecule has 0 saturated heterocycles. The number of aromatic nitrogens is 4. The van der Waals surface area contributed by atoms with Gasteiger partial charge in [0.05, 0.1) is 16.1 Å². The summed E-state index contributed by atoms with van der Waals surface area (Å²) < 4.78 is 3.11. The molecule has 0 unspecified atom stereocenters. The van der Waals surface area contributed by atoms with Gasteiger partial charge in [0.25, 0.3) is 0 Å². The first kappa shape index (κ1) is 14.2. The molecule has 0 aromatic carbocycles. The largest absolute Gasteiger partial charge is 0.369 e. The third-order valence-corrected chi connectivity index (χ3v) is 3.53. The van der Waals surface area contributed by atoms with Gasteiger partial charge in [-0.3, -0.25) is 0 Å². The van der Waals surface area contributed by atoms with Gasteiger partial charge < -0.3 is 9.88 Å². The fraction of sp³-hybridized carbons (Fsp3) is 0.462. The number of hydrogen-bond donors (Lipinski definition) is 1. The molecule has 0 amide bonds. The molecule has 2 aromatic rings. The van der Waals surface area contributed by atoms with Crippen LogP contribution in [0.5, 0.6) is 0 Å². The van der Waals surface area contributed by atoms with E-state index in [1.165, 1.54) is 0 Å². The van der Waals surface area contributed by atoms with Crippen LogP contribution in [0.4, 0.5) is 5.82 Å². The number of nitrogens with zero attached hydrogens (tertiary/aromatic N) is 4. The van der Waals surface area contributed by atoms with Crippen LogP contribution in [0.15, 0.2) is 18.7 Å². The molecule has 1 N–H and O–H groups in total. The van der Waals surface area contributed by atoms with E-state index in [9.17, 15) is 0 Å². The number of rotatable bonds is 5. The number of halogens is 1. The van der Waals surface area contributed by atoms with Gasteiger partial charge in [-0.15, -0.1) is 0 Å². The Bertz CT molecular complexity index is 550. The van der Waals surface area contributed by atoms with Crippen molar-refractivity contribution < 1.29 is 0 Å². The molecule has 0 bridgehead atoms. The number of hydrogen-bond acceptors (Lipinski definition) is 4. The molecule has 5 nitrogen and oxygen atoms in total. The predicted octanol–water partition coefficient (Wildman–Crippen LogP) is 3.35. The minimum absolute atomic E-state index is 0.340. The van der Waals surface area contributed by atoms with Crippen molar-refractivity contribution in [3.8, 4) is 11.5 Å². The minimum Gasteiger partial charge on any atom is -0.369 e. The van der Waals surface area contributed by atoms with E-state index < -0.39 is 0 Å². The maximum Gasteiger partial charge on any atom is 0.179 e. The Morgan fingerprint density at radius 3 is 2.84 bits per heavy atom. The highest BCUT2D eigenvalue weighted by atomic mass is 127. The van der Waals surface area contributed by atoms with Crippen LogP contribution in [0.2, 0.25) is 0 Å². The summed E-state index contributed by atoms with van der Waals surface area (Å²) in [7, 11) is 0. The minimum atomic E-state index is 0.340. The highest BCUT2D eigenvalue weighted by molar-refractivity contribution is 14.1. The van der Waals surface area contributed by atoms with Crippen molar-refractivity contribution >= 4 is 28.4 Å². The van der Waals surface area contributed by atoms with E-state index in [-0.39, 0.29) is 0 Å². The van der Waals surface area contributed by atoms with Crippen LogP contribution in [-0.4, -0.2) is 26.1 Å². The summed E-state index contributed by atoms with van der Waals surface area (Å²) in [6.07, 6.45) is 6.55. The molecule has 19 heavy (non-hydrogen) atoms. The van der Waals surface area contributed by atoms with Crippen LogP contribution in [0.3, 0.4) is 0 Å². The van der Waals surface area contributed by atoms with E-state index in [0.29, 0.717) is 11.9 Å².